The second-order valence-corrected chi connectivity index (χ2v) is 6.20. The fourth-order valence-electron chi connectivity index (χ4n) is 2.69. The van der Waals surface area contributed by atoms with Crippen molar-refractivity contribution in [2.75, 3.05) is 0 Å². The minimum absolute atomic E-state index is 0.0376. The van der Waals surface area contributed by atoms with Gasteiger partial charge in [-0.05, 0) is 13.3 Å². The largest absolute Gasteiger partial charge is 0.343 e. The third-order valence-corrected chi connectivity index (χ3v) is 4.50. The minimum atomic E-state index is -0.464. The summed E-state index contributed by atoms with van der Waals surface area (Å²) in [6.45, 7) is 4.12. The van der Waals surface area contributed by atoms with Crippen molar-refractivity contribution >= 4 is 28.1 Å². The normalized spacial score (nSPS) is 22.9. The first-order valence-corrected chi connectivity index (χ1v) is 8.00. The first-order chi connectivity index (χ1) is 10.1. The van der Waals surface area contributed by atoms with Crippen LogP contribution in [0.4, 0.5) is 0 Å². The van der Waals surface area contributed by atoms with Gasteiger partial charge in [0, 0.05) is 17.8 Å². The van der Waals surface area contributed by atoms with Crippen molar-refractivity contribution in [3.63, 3.8) is 0 Å². The van der Waals surface area contributed by atoms with Crippen LogP contribution in [0.1, 0.15) is 32.4 Å². The Hall–Kier alpha value is -1.89. The number of hydrogen-bond donors (Lipinski definition) is 1. The molecule has 2 aromatic rings. The third-order valence-electron chi connectivity index (χ3n) is 3.73. The van der Waals surface area contributed by atoms with E-state index in [1.54, 1.807) is 23.2 Å². The number of thiazole rings is 1. The number of nitrogens with zero attached hydrogens (tertiary/aromatic N) is 3. The molecule has 0 bridgehead atoms. The molecule has 3 heterocycles. The molecular weight excluding hydrogens is 288 g/mol. The summed E-state index contributed by atoms with van der Waals surface area (Å²) in [5.41, 5.74) is 0.818. The van der Waals surface area contributed by atoms with Crippen molar-refractivity contribution in [1.82, 2.24) is 19.6 Å². The maximum absolute atomic E-state index is 12.4. The fourth-order valence-corrected chi connectivity index (χ4v) is 3.41. The molecule has 1 saturated heterocycles. The molecule has 0 spiro atoms. The average molecular weight is 306 g/mol. The van der Waals surface area contributed by atoms with E-state index in [9.17, 15) is 9.59 Å². The van der Waals surface area contributed by atoms with Gasteiger partial charge in [0.25, 0.3) is 0 Å². The number of fused-ring (bicyclic) bond motifs is 1. The van der Waals surface area contributed by atoms with Crippen molar-refractivity contribution in [2.24, 2.45) is 0 Å². The minimum Gasteiger partial charge on any atom is -0.343 e. The Morgan fingerprint density at radius 3 is 2.95 bits per heavy atom. The zero-order chi connectivity index (χ0) is 15.0. The topological polar surface area (TPSA) is 66.7 Å². The molecule has 1 aliphatic heterocycles. The van der Waals surface area contributed by atoms with Gasteiger partial charge in [-0.1, -0.05) is 13.3 Å². The highest BCUT2D eigenvalue weighted by molar-refractivity contribution is 7.15. The summed E-state index contributed by atoms with van der Waals surface area (Å²) in [6, 6.07) is -0.854. The van der Waals surface area contributed by atoms with Crippen LogP contribution in [0.15, 0.2) is 17.8 Å². The van der Waals surface area contributed by atoms with Crippen molar-refractivity contribution in [2.45, 2.75) is 45.3 Å². The van der Waals surface area contributed by atoms with Gasteiger partial charge < -0.3 is 10.2 Å². The molecule has 1 fully saturated rings. The Labute approximate surface area is 126 Å². The molecule has 2 unspecified atom stereocenters. The van der Waals surface area contributed by atoms with E-state index in [1.807, 2.05) is 29.1 Å². The number of carbonyl (C=O) groups is 2. The number of nitrogens with one attached hydrogen (secondary N) is 1. The van der Waals surface area contributed by atoms with Crippen LogP contribution in [0.25, 0.3) is 4.96 Å². The van der Waals surface area contributed by atoms with Crippen molar-refractivity contribution < 1.29 is 9.59 Å². The smallest absolute Gasteiger partial charge is 0.245 e. The number of carbonyl (C=O) groups excluding carboxylic acids is 2. The summed E-state index contributed by atoms with van der Waals surface area (Å²) in [5, 5.41) is 4.71. The van der Waals surface area contributed by atoms with Gasteiger partial charge in [0.2, 0.25) is 11.8 Å². The van der Waals surface area contributed by atoms with Crippen molar-refractivity contribution in [3.8, 4) is 0 Å². The standard InChI is InChI=1S/C14H18N4O2S/c1-3-4-11-12(19)15-9(2)13(20)18(11)8-10-7-17-5-6-21-14(17)16-10/h5-7,9,11H,3-4,8H2,1-2H3,(H,15,19). The van der Waals surface area contributed by atoms with Crippen LogP contribution in [0.5, 0.6) is 0 Å². The molecule has 2 atom stereocenters. The van der Waals surface area contributed by atoms with Gasteiger partial charge in [0.05, 0.1) is 12.2 Å². The van der Waals surface area contributed by atoms with Crippen LogP contribution in [-0.4, -0.2) is 38.2 Å². The summed E-state index contributed by atoms with van der Waals surface area (Å²) in [5.74, 6) is -0.102. The number of hydrogen-bond acceptors (Lipinski definition) is 4. The van der Waals surface area contributed by atoms with Gasteiger partial charge in [-0.25, -0.2) is 4.98 Å². The molecule has 0 aliphatic carbocycles. The second kappa shape index (κ2) is 5.48. The maximum atomic E-state index is 12.4. The molecule has 7 heteroatoms. The van der Waals surface area contributed by atoms with E-state index in [0.29, 0.717) is 13.0 Å². The molecule has 2 aromatic heterocycles. The molecule has 6 nitrogen and oxygen atoms in total. The Bertz CT molecular complexity index is 649. The molecule has 2 amide bonds. The molecule has 0 radical (unpaired) electrons. The van der Waals surface area contributed by atoms with Gasteiger partial charge in [0.1, 0.15) is 12.1 Å². The molecule has 112 valence electrons. The van der Waals surface area contributed by atoms with Gasteiger partial charge in [-0.2, -0.15) is 0 Å². The van der Waals surface area contributed by atoms with E-state index in [1.165, 1.54) is 0 Å². The van der Waals surface area contributed by atoms with Crippen LogP contribution in [0.2, 0.25) is 0 Å². The van der Waals surface area contributed by atoms with Gasteiger partial charge >= 0.3 is 0 Å². The molecule has 3 rings (SSSR count). The number of piperazine rings is 1. The quantitative estimate of drug-likeness (QED) is 0.929. The summed E-state index contributed by atoms with van der Waals surface area (Å²) in [6.07, 6.45) is 5.38. The highest BCUT2D eigenvalue weighted by atomic mass is 32.1. The average Bonchev–Trinajstić information content (AvgIpc) is 3.01. The third kappa shape index (κ3) is 2.53. The Balaban J connectivity index is 1.86. The SMILES string of the molecule is CCCC1C(=O)NC(C)C(=O)N1Cc1cn2ccsc2n1. The van der Waals surface area contributed by atoms with E-state index in [0.717, 1.165) is 17.1 Å². The second-order valence-electron chi connectivity index (χ2n) is 5.33. The lowest BCUT2D eigenvalue weighted by Gasteiger charge is -2.37. The van der Waals surface area contributed by atoms with Crippen LogP contribution in [-0.2, 0) is 16.1 Å². The van der Waals surface area contributed by atoms with E-state index in [4.69, 9.17) is 0 Å². The molecule has 0 aromatic carbocycles. The summed E-state index contributed by atoms with van der Waals surface area (Å²) in [7, 11) is 0. The fraction of sp³-hybridized carbons (Fsp3) is 0.500. The summed E-state index contributed by atoms with van der Waals surface area (Å²) in [4.78, 5) is 31.6. The Morgan fingerprint density at radius 1 is 1.43 bits per heavy atom. The Morgan fingerprint density at radius 2 is 2.24 bits per heavy atom. The van der Waals surface area contributed by atoms with Gasteiger partial charge in [0.15, 0.2) is 4.96 Å². The predicted octanol–water partition coefficient (Wildman–Crippen LogP) is 1.41. The molecule has 21 heavy (non-hydrogen) atoms. The van der Waals surface area contributed by atoms with E-state index >= 15 is 0 Å². The molecule has 1 aliphatic rings. The maximum Gasteiger partial charge on any atom is 0.245 e. The van der Waals surface area contributed by atoms with Crippen molar-refractivity contribution in [3.05, 3.63) is 23.5 Å². The van der Waals surface area contributed by atoms with E-state index in [2.05, 4.69) is 10.3 Å². The van der Waals surface area contributed by atoms with Crippen molar-refractivity contribution in [1.29, 1.82) is 0 Å². The molecule has 1 N–H and O–H groups in total. The summed E-state index contributed by atoms with van der Waals surface area (Å²) >= 11 is 1.55. The lowest BCUT2D eigenvalue weighted by molar-refractivity contribution is -0.149. The highest BCUT2D eigenvalue weighted by Crippen LogP contribution is 2.19. The number of aromatic nitrogens is 2. The van der Waals surface area contributed by atoms with Gasteiger partial charge in [-0.15, -0.1) is 11.3 Å². The highest BCUT2D eigenvalue weighted by Gasteiger charge is 2.38. The molecule has 0 saturated carbocycles. The van der Waals surface area contributed by atoms with E-state index in [-0.39, 0.29) is 11.8 Å². The number of rotatable bonds is 4. The summed E-state index contributed by atoms with van der Waals surface area (Å²) < 4.78 is 1.94. The number of imidazole rings is 1. The zero-order valence-electron chi connectivity index (χ0n) is 12.1. The van der Waals surface area contributed by atoms with Gasteiger partial charge in [-0.3, -0.25) is 14.0 Å². The predicted molar refractivity (Wildman–Crippen MR) is 79.9 cm³/mol. The van der Waals surface area contributed by atoms with Crippen LogP contribution >= 0.6 is 11.3 Å². The molecular formula is C14H18N4O2S. The first kappa shape index (κ1) is 14.1. The number of amides is 2. The lowest BCUT2D eigenvalue weighted by Crippen LogP contribution is -2.61. The zero-order valence-corrected chi connectivity index (χ0v) is 12.9. The lowest BCUT2D eigenvalue weighted by atomic mass is 10.0. The van der Waals surface area contributed by atoms with Crippen LogP contribution < -0.4 is 5.32 Å². The van der Waals surface area contributed by atoms with Crippen LogP contribution in [0, 0.1) is 0 Å². The first-order valence-electron chi connectivity index (χ1n) is 7.12. The monoisotopic (exact) mass is 306 g/mol. The van der Waals surface area contributed by atoms with Crippen LogP contribution in [0.3, 0.4) is 0 Å². The Kier molecular flexibility index (Phi) is 3.67. The van der Waals surface area contributed by atoms with E-state index < -0.39 is 12.1 Å².